The predicted octanol–water partition coefficient (Wildman–Crippen LogP) is 1.72. The van der Waals surface area contributed by atoms with E-state index in [-0.39, 0.29) is 36.1 Å². The van der Waals surface area contributed by atoms with Crippen LogP contribution in [0.5, 0.6) is 5.75 Å². The van der Waals surface area contributed by atoms with Crippen LogP contribution in [0, 0.1) is 11.8 Å². The molecule has 1 aromatic rings. The summed E-state index contributed by atoms with van der Waals surface area (Å²) >= 11 is 0. The van der Waals surface area contributed by atoms with Gasteiger partial charge in [-0.25, -0.2) is 0 Å². The molecule has 0 radical (unpaired) electrons. The van der Waals surface area contributed by atoms with E-state index < -0.39 is 52.0 Å². The predicted molar refractivity (Wildman–Crippen MR) is 137 cm³/mol. The normalized spacial score (nSPS) is 25.2. The molecule has 3 aliphatic rings. The SMILES string of the molecule is CCCCN(C)Cc1cc(O)c2c(c1N(C)C)CC1C[C@H]3CC(=O)C(C(N)=O)=C(O)[C@@]3(O)C(=O)C1=C2O. The second-order valence-electron chi connectivity index (χ2n) is 10.6. The van der Waals surface area contributed by atoms with Crippen molar-refractivity contribution >= 4 is 28.9 Å². The van der Waals surface area contributed by atoms with Gasteiger partial charge in [-0.2, -0.15) is 0 Å². The van der Waals surface area contributed by atoms with Crippen molar-refractivity contribution in [3.63, 3.8) is 0 Å². The lowest BCUT2D eigenvalue weighted by Crippen LogP contribution is -2.58. The topological polar surface area (TPSA) is 165 Å². The van der Waals surface area contributed by atoms with Crippen LogP contribution in [0.15, 0.2) is 23.0 Å². The summed E-state index contributed by atoms with van der Waals surface area (Å²) in [5.41, 5.74) is 4.22. The molecule has 0 heterocycles. The number of hydrogen-bond donors (Lipinski definition) is 5. The highest BCUT2D eigenvalue weighted by Gasteiger charge is 2.60. The van der Waals surface area contributed by atoms with E-state index in [9.17, 15) is 34.8 Å². The average molecular weight is 514 g/mol. The Morgan fingerprint density at radius 2 is 1.84 bits per heavy atom. The summed E-state index contributed by atoms with van der Waals surface area (Å²) in [5, 5.41) is 44.4. The molecule has 1 unspecified atom stereocenters. The Morgan fingerprint density at radius 3 is 2.43 bits per heavy atom. The second kappa shape index (κ2) is 9.50. The number of nitrogens with two attached hydrogens (primary N) is 1. The summed E-state index contributed by atoms with van der Waals surface area (Å²) in [7, 11) is 5.75. The second-order valence-corrected chi connectivity index (χ2v) is 10.6. The Labute approximate surface area is 215 Å². The Kier molecular flexibility index (Phi) is 6.85. The minimum absolute atomic E-state index is 0.107. The largest absolute Gasteiger partial charge is 0.508 e. The third-order valence-corrected chi connectivity index (χ3v) is 7.90. The Bertz CT molecular complexity index is 1250. The van der Waals surface area contributed by atoms with Crippen molar-refractivity contribution in [2.75, 3.05) is 32.6 Å². The molecule has 10 nitrogen and oxygen atoms in total. The molecule has 1 fully saturated rings. The maximum atomic E-state index is 13.6. The smallest absolute Gasteiger partial charge is 0.255 e. The third-order valence-electron chi connectivity index (χ3n) is 7.90. The fraction of sp³-hybridized carbons (Fsp3) is 0.519. The van der Waals surface area contributed by atoms with Crippen LogP contribution in [0.25, 0.3) is 5.76 Å². The van der Waals surface area contributed by atoms with Crippen LogP contribution in [0.4, 0.5) is 5.69 Å². The number of unbranched alkanes of at least 4 members (excludes halogenated alkanes) is 1. The number of benzene rings is 1. The van der Waals surface area contributed by atoms with Crippen molar-refractivity contribution in [1.29, 1.82) is 0 Å². The van der Waals surface area contributed by atoms with Gasteiger partial charge in [-0.3, -0.25) is 14.4 Å². The fourth-order valence-corrected chi connectivity index (χ4v) is 6.22. The zero-order valence-corrected chi connectivity index (χ0v) is 21.7. The van der Waals surface area contributed by atoms with Crippen LogP contribution in [0.2, 0.25) is 0 Å². The van der Waals surface area contributed by atoms with Crippen molar-refractivity contribution in [2.24, 2.45) is 17.6 Å². The lowest BCUT2D eigenvalue weighted by molar-refractivity contribution is -0.147. The van der Waals surface area contributed by atoms with Gasteiger partial charge in [-0.05, 0) is 56.0 Å². The van der Waals surface area contributed by atoms with E-state index in [2.05, 4.69) is 11.8 Å². The van der Waals surface area contributed by atoms with Crippen LogP contribution in [-0.2, 0) is 27.3 Å². The van der Waals surface area contributed by atoms with E-state index >= 15 is 0 Å². The molecule has 1 amide bonds. The molecule has 1 saturated carbocycles. The van der Waals surface area contributed by atoms with Crippen LogP contribution in [-0.4, -0.2) is 76.1 Å². The molecule has 0 spiro atoms. The van der Waals surface area contributed by atoms with Crippen LogP contribution in [0.1, 0.15) is 49.3 Å². The van der Waals surface area contributed by atoms with E-state index in [4.69, 9.17) is 5.73 Å². The molecule has 10 heteroatoms. The number of rotatable bonds is 7. The molecule has 200 valence electrons. The molecule has 0 bridgehead atoms. The first-order chi connectivity index (χ1) is 17.3. The standard InChI is InChI=1S/C27H35N3O7/c1-5-6-7-30(4)12-14-10-17(31)20-16(22(14)29(2)3)9-13-8-15-11-18(32)21(26(28)36)25(35)27(15,37)24(34)19(13)23(20)33/h10,13,15,31,33,35,37H,5-9,11-12H2,1-4H3,(H2,28,36)/t13?,15-,27-/m0/s1. The monoisotopic (exact) mass is 513 g/mol. The van der Waals surface area contributed by atoms with Gasteiger partial charge in [0.25, 0.3) is 5.91 Å². The van der Waals surface area contributed by atoms with Gasteiger partial charge >= 0.3 is 0 Å². The highest BCUT2D eigenvalue weighted by molar-refractivity contribution is 6.22. The zero-order chi connectivity index (χ0) is 27.4. The number of carbonyl (C=O) groups excluding carboxylic acids is 3. The zero-order valence-electron chi connectivity index (χ0n) is 21.7. The number of fused-ring (bicyclic) bond motifs is 3. The highest BCUT2D eigenvalue weighted by atomic mass is 16.3. The molecule has 6 N–H and O–H groups in total. The average Bonchev–Trinajstić information content (AvgIpc) is 2.79. The summed E-state index contributed by atoms with van der Waals surface area (Å²) in [6.07, 6.45) is 2.14. The van der Waals surface area contributed by atoms with Gasteiger partial charge < -0.3 is 36.0 Å². The van der Waals surface area contributed by atoms with E-state index in [1.807, 2.05) is 26.0 Å². The molecule has 0 aliphatic heterocycles. The molecular weight excluding hydrogens is 478 g/mol. The van der Waals surface area contributed by atoms with Gasteiger partial charge in [-0.15, -0.1) is 0 Å². The highest BCUT2D eigenvalue weighted by Crippen LogP contribution is 2.53. The summed E-state index contributed by atoms with van der Waals surface area (Å²) in [5.74, 6) is -6.24. The summed E-state index contributed by atoms with van der Waals surface area (Å²) in [6.45, 7) is 3.57. The first kappa shape index (κ1) is 26.7. The van der Waals surface area contributed by atoms with Gasteiger partial charge in [-0.1, -0.05) is 13.3 Å². The van der Waals surface area contributed by atoms with Gasteiger partial charge in [0.05, 0.1) is 5.56 Å². The van der Waals surface area contributed by atoms with Crippen molar-refractivity contribution in [2.45, 2.75) is 51.2 Å². The molecule has 1 aromatic carbocycles. The van der Waals surface area contributed by atoms with Crippen molar-refractivity contribution in [3.05, 3.63) is 39.7 Å². The lowest BCUT2D eigenvalue weighted by Gasteiger charge is -2.46. The number of phenols is 1. The van der Waals surface area contributed by atoms with Gasteiger partial charge in [0.15, 0.2) is 11.4 Å². The number of aliphatic hydroxyl groups excluding tert-OH is 2. The van der Waals surface area contributed by atoms with Crippen molar-refractivity contribution in [3.8, 4) is 5.75 Å². The number of hydrogen-bond acceptors (Lipinski definition) is 9. The maximum Gasteiger partial charge on any atom is 0.255 e. The Balaban J connectivity index is 1.86. The van der Waals surface area contributed by atoms with E-state index in [1.165, 1.54) is 0 Å². The van der Waals surface area contributed by atoms with Crippen molar-refractivity contribution < 1.29 is 34.8 Å². The number of primary amides is 1. The minimum Gasteiger partial charge on any atom is -0.508 e. The first-order valence-corrected chi connectivity index (χ1v) is 12.5. The summed E-state index contributed by atoms with van der Waals surface area (Å²) in [4.78, 5) is 42.0. The minimum atomic E-state index is -2.56. The van der Waals surface area contributed by atoms with Gasteiger partial charge in [0, 0.05) is 44.2 Å². The molecule has 3 atom stereocenters. The first-order valence-electron chi connectivity index (χ1n) is 12.5. The summed E-state index contributed by atoms with van der Waals surface area (Å²) < 4.78 is 0. The van der Waals surface area contributed by atoms with E-state index in [1.54, 1.807) is 6.07 Å². The van der Waals surface area contributed by atoms with E-state index in [0.717, 1.165) is 30.6 Å². The quantitative estimate of drug-likeness (QED) is 0.341. The number of aliphatic hydroxyl groups is 3. The number of Topliss-reactive ketones (excluding diaryl/α,β-unsaturated/α-hetero) is 2. The molecule has 0 saturated heterocycles. The molecule has 37 heavy (non-hydrogen) atoms. The molecular formula is C27H35N3O7. The number of aromatic hydroxyl groups is 1. The molecule has 3 aliphatic carbocycles. The maximum absolute atomic E-state index is 13.6. The molecule has 4 rings (SSSR count). The van der Waals surface area contributed by atoms with Crippen LogP contribution in [0.3, 0.4) is 0 Å². The number of anilines is 1. The van der Waals surface area contributed by atoms with Crippen LogP contribution >= 0.6 is 0 Å². The Morgan fingerprint density at radius 1 is 1.16 bits per heavy atom. The number of nitrogens with zero attached hydrogens (tertiary/aromatic N) is 2. The lowest BCUT2D eigenvalue weighted by atomic mass is 9.59. The number of ketones is 2. The van der Waals surface area contributed by atoms with Crippen LogP contribution < -0.4 is 10.6 Å². The molecule has 0 aromatic heterocycles. The van der Waals surface area contributed by atoms with Crippen molar-refractivity contribution in [1.82, 2.24) is 4.90 Å². The number of phenolic OH excluding ortho intramolecular Hbond substituents is 1. The Hall–Kier alpha value is -3.37. The van der Waals surface area contributed by atoms with Gasteiger partial charge in [0.2, 0.25) is 5.78 Å². The van der Waals surface area contributed by atoms with E-state index in [0.29, 0.717) is 12.1 Å². The van der Waals surface area contributed by atoms with Gasteiger partial charge in [0.1, 0.15) is 22.8 Å². The number of carbonyl (C=O) groups is 3. The fourth-order valence-electron chi connectivity index (χ4n) is 6.22. The number of amides is 1. The summed E-state index contributed by atoms with van der Waals surface area (Å²) in [6, 6.07) is 1.58. The third kappa shape index (κ3) is 4.08.